The monoisotopic (exact) mass is 518 g/mol. The fraction of sp³-hybridized carbons (Fsp3) is 0.192. The van der Waals surface area contributed by atoms with E-state index in [4.69, 9.17) is 5.11 Å². The molecule has 12 heteroatoms. The highest BCUT2D eigenvalue weighted by Crippen LogP contribution is 2.46. The summed E-state index contributed by atoms with van der Waals surface area (Å²) in [7, 11) is 0. The van der Waals surface area contributed by atoms with Crippen molar-refractivity contribution >= 4 is 47.2 Å². The van der Waals surface area contributed by atoms with Crippen molar-refractivity contribution in [3.8, 4) is 0 Å². The second-order valence-electron chi connectivity index (χ2n) is 8.96. The largest absolute Gasteiger partial charge is 0.481 e. The molecule has 5 rings (SSSR count). The number of carbonyl (C=O) groups excluding carboxylic acids is 4. The predicted molar refractivity (Wildman–Crippen MR) is 126 cm³/mol. The molecular formula is C26H18N2O10. The summed E-state index contributed by atoms with van der Waals surface area (Å²) in [6.45, 7) is 0. The zero-order valence-electron chi connectivity index (χ0n) is 19.4. The van der Waals surface area contributed by atoms with E-state index in [0.29, 0.717) is 4.90 Å². The third kappa shape index (κ3) is 3.57. The topological polar surface area (TPSA) is 187 Å². The Morgan fingerprint density at radius 1 is 0.816 bits per heavy atom. The average Bonchev–Trinajstić information content (AvgIpc) is 2.87. The molecule has 2 aliphatic heterocycles. The third-order valence-electron chi connectivity index (χ3n) is 6.86. The number of carbonyl (C=O) groups is 7. The number of hydrogen-bond acceptors (Lipinski definition) is 7. The highest BCUT2D eigenvalue weighted by molar-refractivity contribution is 6.28. The van der Waals surface area contributed by atoms with Crippen LogP contribution in [0.4, 0.5) is 5.69 Å². The fourth-order valence-electron chi connectivity index (χ4n) is 5.19. The summed E-state index contributed by atoms with van der Waals surface area (Å²) in [4.78, 5) is 89.4. The minimum Gasteiger partial charge on any atom is -0.481 e. The number of benzene rings is 2. The van der Waals surface area contributed by atoms with E-state index in [0.717, 1.165) is 4.90 Å². The quantitative estimate of drug-likeness (QED) is 0.359. The SMILES string of the molecule is O=C(O)CCC(C(=O)O)N1C(=O)c2ccc3c4c2C(C=CC4C(=O)N(c2cccc(C(=O)O)c2)C3=O)C1=O. The van der Waals surface area contributed by atoms with Gasteiger partial charge in [0.05, 0.1) is 23.1 Å². The van der Waals surface area contributed by atoms with Crippen LogP contribution in [0.15, 0.2) is 48.6 Å². The molecule has 4 amide bonds. The van der Waals surface area contributed by atoms with Gasteiger partial charge in [0.2, 0.25) is 11.8 Å². The Kier molecular flexibility index (Phi) is 5.66. The summed E-state index contributed by atoms with van der Waals surface area (Å²) < 4.78 is 0. The van der Waals surface area contributed by atoms with E-state index in [2.05, 4.69) is 0 Å². The number of aliphatic carboxylic acids is 2. The van der Waals surface area contributed by atoms with Gasteiger partial charge in [-0.25, -0.2) is 14.5 Å². The van der Waals surface area contributed by atoms with Crippen molar-refractivity contribution in [3.63, 3.8) is 0 Å². The van der Waals surface area contributed by atoms with Crippen LogP contribution in [-0.2, 0) is 19.2 Å². The minimum atomic E-state index is -1.72. The van der Waals surface area contributed by atoms with Crippen LogP contribution in [0.5, 0.6) is 0 Å². The van der Waals surface area contributed by atoms with Gasteiger partial charge in [-0.2, -0.15) is 0 Å². The molecule has 192 valence electrons. The molecule has 0 spiro atoms. The van der Waals surface area contributed by atoms with Crippen molar-refractivity contribution in [2.24, 2.45) is 0 Å². The molecule has 0 bridgehead atoms. The number of aromatic carboxylic acids is 1. The summed E-state index contributed by atoms with van der Waals surface area (Å²) in [5.41, 5.74) is 0.175. The van der Waals surface area contributed by atoms with Crippen LogP contribution in [-0.4, -0.2) is 67.8 Å². The summed E-state index contributed by atoms with van der Waals surface area (Å²) in [6.07, 6.45) is 1.66. The van der Waals surface area contributed by atoms with Crippen LogP contribution in [0.25, 0.3) is 0 Å². The van der Waals surface area contributed by atoms with Crippen molar-refractivity contribution in [2.75, 3.05) is 4.90 Å². The van der Waals surface area contributed by atoms with E-state index in [1.807, 2.05) is 0 Å². The maximum Gasteiger partial charge on any atom is 0.335 e. The number of carboxylic acids is 3. The van der Waals surface area contributed by atoms with Gasteiger partial charge in [0.25, 0.3) is 11.8 Å². The lowest BCUT2D eigenvalue weighted by Crippen LogP contribution is -2.54. The lowest BCUT2D eigenvalue weighted by Gasteiger charge is -2.41. The minimum absolute atomic E-state index is 0.0399. The van der Waals surface area contributed by atoms with E-state index < -0.39 is 72.3 Å². The van der Waals surface area contributed by atoms with E-state index in [1.54, 1.807) is 0 Å². The zero-order chi connectivity index (χ0) is 27.5. The Hall–Kier alpha value is -5.13. The Morgan fingerprint density at radius 2 is 1.42 bits per heavy atom. The first-order chi connectivity index (χ1) is 18.0. The van der Waals surface area contributed by atoms with Gasteiger partial charge in [-0.3, -0.25) is 28.9 Å². The molecule has 2 aromatic rings. The Labute approximate surface area is 213 Å². The standard InChI is InChI=1S/C26H18N2O10/c29-18(30)9-8-17(26(37)38)28-23(33)15-6-4-13-19-14(5-7-16(20(15)19)24(28)34)22(32)27(21(13)31)12-3-1-2-11(10-12)25(35)36/h1-7,10,13,15,17H,8-9H2,(H,29,30)(H,35,36)(H,37,38). The van der Waals surface area contributed by atoms with Crippen molar-refractivity contribution in [2.45, 2.75) is 30.7 Å². The number of imide groups is 2. The second-order valence-corrected chi connectivity index (χ2v) is 8.96. The van der Waals surface area contributed by atoms with E-state index in [1.165, 1.54) is 48.6 Å². The molecule has 0 aromatic heterocycles. The second kappa shape index (κ2) is 8.76. The van der Waals surface area contributed by atoms with Crippen LogP contribution in [0, 0.1) is 0 Å². The van der Waals surface area contributed by atoms with Crippen LogP contribution < -0.4 is 4.90 Å². The van der Waals surface area contributed by atoms with Crippen LogP contribution in [0.3, 0.4) is 0 Å². The van der Waals surface area contributed by atoms with Gasteiger partial charge in [0.15, 0.2) is 0 Å². The first-order valence-electron chi connectivity index (χ1n) is 11.4. The molecule has 2 heterocycles. The maximum absolute atomic E-state index is 13.5. The molecule has 0 radical (unpaired) electrons. The zero-order valence-corrected chi connectivity index (χ0v) is 19.4. The fourth-order valence-corrected chi connectivity index (χ4v) is 5.19. The number of anilines is 1. The Bertz CT molecular complexity index is 1520. The molecule has 3 atom stereocenters. The molecule has 0 fully saturated rings. The molecule has 3 unspecified atom stereocenters. The lowest BCUT2D eigenvalue weighted by molar-refractivity contribution is -0.149. The van der Waals surface area contributed by atoms with Crippen LogP contribution >= 0.6 is 0 Å². The normalized spacial score (nSPS) is 20.3. The molecule has 0 saturated heterocycles. The van der Waals surface area contributed by atoms with Gasteiger partial charge < -0.3 is 15.3 Å². The molecule has 12 nitrogen and oxygen atoms in total. The van der Waals surface area contributed by atoms with Crippen LogP contribution in [0.2, 0.25) is 0 Å². The number of hydrogen-bond donors (Lipinski definition) is 3. The number of nitrogens with zero attached hydrogens (tertiary/aromatic N) is 2. The van der Waals surface area contributed by atoms with Gasteiger partial charge in [0.1, 0.15) is 6.04 Å². The van der Waals surface area contributed by atoms with Gasteiger partial charge >= 0.3 is 17.9 Å². The Balaban J connectivity index is 1.61. The first kappa shape index (κ1) is 24.6. The third-order valence-corrected chi connectivity index (χ3v) is 6.86. The van der Waals surface area contributed by atoms with Crippen LogP contribution in [0.1, 0.15) is 66.9 Å². The molecule has 2 aromatic carbocycles. The van der Waals surface area contributed by atoms with Crippen molar-refractivity contribution < 1.29 is 48.9 Å². The van der Waals surface area contributed by atoms with Gasteiger partial charge in [-0.05, 0) is 47.9 Å². The van der Waals surface area contributed by atoms with Gasteiger partial charge in [0, 0.05) is 17.5 Å². The van der Waals surface area contributed by atoms with Crippen molar-refractivity contribution in [3.05, 3.63) is 76.4 Å². The molecule has 38 heavy (non-hydrogen) atoms. The molecule has 1 aliphatic carbocycles. The number of rotatable bonds is 7. The number of amides is 4. The van der Waals surface area contributed by atoms with E-state index in [-0.39, 0.29) is 33.5 Å². The lowest BCUT2D eigenvalue weighted by atomic mass is 9.72. The first-order valence-corrected chi connectivity index (χ1v) is 11.4. The van der Waals surface area contributed by atoms with Gasteiger partial charge in [-0.1, -0.05) is 18.2 Å². The molecule has 3 N–H and O–H groups in total. The molecule has 0 saturated carbocycles. The Morgan fingerprint density at radius 3 is 2.00 bits per heavy atom. The predicted octanol–water partition coefficient (Wildman–Crippen LogP) is 1.61. The summed E-state index contributed by atoms with van der Waals surface area (Å²) in [5.74, 6) is -9.65. The van der Waals surface area contributed by atoms with Gasteiger partial charge in [-0.15, -0.1) is 0 Å². The molecular weight excluding hydrogens is 500 g/mol. The summed E-state index contributed by atoms with van der Waals surface area (Å²) >= 11 is 0. The van der Waals surface area contributed by atoms with E-state index >= 15 is 0 Å². The maximum atomic E-state index is 13.5. The number of carboxylic acid groups (broad SMARTS) is 3. The summed E-state index contributed by atoms with van der Waals surface area (Å²) in [6, 6.07) is 6.16. The average molecular weight is 518 g/mol. The highest BCUT2D eigenvalue weighted by Gasteiger charge is 2.50. The smallest absolute Gasteiger partial charge is 0.335 e. The van der Waals surface area contributed by atoms with E-state index in [9.17, 15) is 43.8 Å². The van der Waals surface area contributed by atoms with Crippen molar-refractivity contribution in [1.29, 1.82) is 0 Å². The summed E-state index contributed by atoms with van der Waals surface area (Å²) in [5, 5.41) is 27.9. The molecule has 3 aliphatic rings. The highest BCUT2D eigenvalue weighted by atomic mass is 16.4. The van der Waals surface area contributed by atoms with Crippen molar-refractivity contribution in [1.82, 2.24) is 4.90 Å².